The fourth-order valence-corrected chi connectivity index (χ4v) is 0.982. The van der Waals surface area contributed by atoms with Crippen molar-refractivity contribution in [3.63, 3.8) is 0 Å². The van der Waals surface area contributed by atoms with Gasteiger partial charge in [0.05, 0.1) is 6.61 Å². The van der Waals surface area contributed by atoms with E-state index in [0.717, 1.165) is 25.7 Å². The zero-order valence-corrected chi connectivity index (χ0v) is 8.96. The van der Waals surface area contributed by atoms with Crippen LogP contribution in [0.1, 0.15) is 25.7 Å². The second-order valence-electron chi connectivity index (χ2n) is 2.25. The highest BCUT2D eigenvalue weighted by Crippen LogP contribution is 1.99. The summed E-state index contributed by atoms with van der Waals surface area (Å²) in [6, 6.07) is 0. The molecule has 0 aliphatic carbocycles. The molecule has 0 saturated carbocycles. The lowest BCUT2D eigenvalue weighted by Crippen LogP contribution is -2.13. The molecule has 3 nitrogen and oxygen atoms in total. The first-order valence-corrected chi connectivity index (χ1v) is 4.86. The predicted octanol–water partition coefficient (Wildman–Crippen LogP) is 2.04. The summed E-state index contributed by atoms with van der Waals surface area (Å²) in [7, 11) is 0. The van der Waals surface area contributed by atoms with Gasteiger partial charge in [-0.2, -0.15) is 0 Å². The molecule has 0 heterocycles. The van der Waals surface area contributed by atoms with E-state index in [1.807, 2.05) is 22.6 Å². The summed E-state index contributed by atoms with van der Waals surface area (Å²) < 4.78 is 7.34. The Morgan fingerprint density at radius 1 is 1.42 bits per heavy atom. The van der Waals surface area contributed by atoms with Crippen LogP contribution in [0, 0.1) is 9.85 Å². The summed E-state index contributed by atoms with van der Waals surface area (Å²) in [5.41, 5.74) is 4.77. The Morgan fingerprint density at radius 2 is 2.17 bits per heavy atom. The highest BCUT2D eigenvalue weighted by Gasteiger charge is 1.92. The SMILES string of the molecule is NC(=O)OCCCCCC#CI. The Hall–Kier alpha value is -0.440. The summed E-state index contributed by atoms with van der Waals surface area (Å²) in [5.74, 6) is 2.95. The fraction of sp³-hybridized carbons (Fsp3) is 0.625. The third kappa shape index (κ3) is 9.56. The number of nitrogens with two attached hydrogens (primary N) is 1. The van der Waals surface area contributed by atoms with Gasteiger partial charge >= 0.3 is 6.09 Å². The van der Waals surface area contributed by atoms with Crippen LogP contribution in [-0.4, -0.2) is 12.7 Å². The van der Waals surface area contributed by atoms with Crippen molar-refractivity contribution in [3.8, 4) is 9.85 Å². The van der Waals surface area contributed by atoms with E-state index < -0.39 is 6.09 Å². The summed E-state index contributed by atoms with van der Waals surface area (Å²) in [6.45, 7) is 0.424. The van der Waals surface area contributed by atoms with Crippen LogP contribution in [0.2, 0.25) is 0 Å². The molecule has 0 bridgehead atoms. The van der Waals surface area contributed by atoms with Crippen molar-refractivity contribution in [1.29, 1.82) is 0 Å². The van der Waals surface area contributed by atoms with Crippen LogP contribution in [0.25, 0.3) is 0 Å². The number of hydrogen-bond donors (Lipinski definition) is 1. The number of carbonyl (C=O) groups excluding carboxylic acids is 1. The molecule has 68 valence electrons. The maximum Gasteiger partial charge on any atom is 0.404 e. The van der Waals surface area contributed by atoms with Gasteiger partial charge in [-0.25, -0.2) is 4.79 Å². The van der Waals surface area contributed by atoms with E-state index in [9.17, 15) is 4.79 Å². The number of carbonyl (C=O) groups is 1. The van der Waals surface area contributed by atoms with E-state index in [4.69, 9.17) is 5.73 Å². The van der Waals surface area contributed by atoms with Gasteiger partial charge in [0.15, 0.2) is 0 Å². The van der Waals surface area contributed by atoms with Crippen molar-refractivity contribution in [2.75, 3.05) is 6.61 Å². The van der Waals surface area contributed by atoms with Crippen LogP contribution in [0.4, 0.5) is 4.79 Å². The lowest BCUT2D eigenvalue weighted by Gasteiger charge is -1.98. The molecule has 0 aromatic carbocycles. The summed E-state index contributed by atoms with van der Waals surface area (Å²) in [5, 5.41) is 0. The molecule has 0 rings (SSSR count). The van der Waals surface area contributed by atoms with E-state index in [2.05, 4.69) is 14.6 Å². The minimum absolute atomic E-state index is 0.424. The smallest absolute Gasteiger partial charge is 0.404 e. The summed E-state index contributed by atoms with van der Waals surface area (Å²) >= 11 is 2.02. The lowest BCUT2D eigenvalue weighted by molar-refractivity contribution is 0.154. The van der Waals surface area contributed by atoms with Crippen molar-refractivity contribution in [2.24, 2.45) is 5.73 Å². The van der Waals surface area contributed by atoms with Gasteiger partial charge in [0.1, 0.15) is 0 Å². The quantitative estimate of drug-likeness (QED) is 0.476. The maximum absolute atomic E-state index is 10.1. The van der Waals surface area contributed by atoms with Crippen molar-refractivity contribution in [2.45, 2.75) is 25.7 Å². The molecule has 0 aromatic heterocycles. The van der Waals surface area contributed by atoms with Gasteiger partial charge in [-0.15, -0.1) is 0 Å². The molecule has 4 heteroatoms. The topological polar surface area (TPSA) is 52.3 Å². The minimum atomic E-state index is -0.693. The molecule has 0 saturated heterocycles. The zero-order chi connectivity index (χ0) is 9.23. The molecule has 0 fully saturated rings. The number of primary amides is 1. The number of rotatable bonds is 5. The standard InChI is InChI=1S/C8H12INO2/c9-6-4-2-1-3-5-7-12-8(10)11/h1-3,5,7H2,(H2,10,11). The molecule has 1 amide bonds. The number of ether oxygens (including phenoxy) is 1. The van der Waals surface area contributed by atoms with Gasteiger partial charge in [0.2, 0.25) is 0 Å². The average molecular weight is 281 g/mol. The number of halogens is 1. The molecule has 0 aromatic rings. The van der Waals surface area contributed by atoms with Gasteiger partial charge in [-0.05, 0) is 23.2 Å². The Labute approximate surface area is 86.2 Å². The normalized spacial score (nSPS) is 8.42. The summed E-state index contributed by atoms with van der Waals surface area (Å²) in [6.07, 6.45) is 3.17. The Bertz CT molecular complexity index is 183. The highest BCUT2D eigenvalue weighted by atomic mass is 127. The summed E-state index contributed by atoms with van der Waals surface area (Å²) in [4.78, 5) is 10.1. The van der Waals surface area contributed by atoms with Crippen molar-refractivity contribution < 1.29 is 9.53 Å². The first-order valence-electron chi connectivity index (χ1n) is 3.78. The number of amides is 1. The minimum Gasteiger partial charge on any atom is -0.450 e. The van der Waals surface area contributed by atoms with Gasteiger partial charge < -0.3 is 10.5 Å². The molecule has 2 N–H and O–H groups in total. The van der Waals surface area contributed by atoms with E-state index in [0.29, 0.717) is 6.61 Å². The number of unbranched alkanes of at least 4 members (excludes halogenated alkanes) is 3. The predicted molar refractivity (Wildman–Crippen MR) is 55.8 cm³/mol. The van der Waals surface area contributed by atoms with Gasteiger partial charge in [-0.1, -0.05) is 5.92 Å². The van der Waals surface area contributed by atoms with Crippen LogP contribution in [-0.2, 0) is 4.74 Å². The van der Waals surface area contributed by atoms with Crippen LogP contribution in [0.5, 0.6) is 0 Å². The average Bonchev–Trinajstić information content (AvgIpc) is 2.02. The first kappa shape index (κ1) is 11.6. The van der Waals surface area contributed by atoms with Crippen molar-refractivity contribution in [1.82, 2.24) is 0 Å². The second-order valence-corrected chi connectivity index (χ2v) is 2.79. The van der Waals surface area contributed by atoms with E-state index >= 15 is 0 Å². The van der Waals surface area contributed by atoms with Crippen LogP contribution < -0.4 is 5.73 Å². The molecule has 0 aliphatic rings. The van der Waals surface area contributed by atoms with Gasteiger partial charge in [-0.3, -0.25) is 0 Å². The molecule has 12 heavy (non-hydrogen) atoms. The first-order chi connectivity index (χ1) is 5.77. The molecular formula is C8H12INO2. The molecule has 0 spiro atoms. The van der Waals surface area contributed by atoms with Crippen LogP contribution in [0.3, 0.4) is 0 Å². The van der Waals surface area contributed by atoms with E-state index in [1.54, 1.807) is 0 Å². The maximum atomic E-state index is 10.1. The second kappa shape index (κ2) is 8.65. The molecule has 0 atom stereocenters. The Balaban J connectivity index is 2.99. The van der Waals surface area contributed by atoms with Crippen LogP contribution in [0.15, 0.2) is 0 Å². The van der Waals surface area contributed by atoms with Crippen molar-refractivity contribution in [3.05, 3.63) is 0 Å². The third-order valence-electron chi connectivity index (χ3n) is 1.26. The molecule has 0 radical (unpaired) electrons. The lowest BCUT2D eigenvalue weighted by atomic mass is 10.2. The third-order valence-corrected chi connectivity index (χ3v) is 1.64. The monoisotopic (exact) mass is 281 g/mol. The largest absolute Gasteiger partial charge is 0.450 e. The van der Waals surface area contributed by atoms with E-state index in [-0.39, 0.29) is 0 Å². The zero-order valence-electron chi connectivity index (χ0n) is 6.81. The molecule has 0 unspecified atom stereocenters. The fourth-order valence-electron chi connectivity index (χ4n) is 0.712. The van der Waals surface area contributed by atoms with Gasteiger partial charge in [0, 0.05) is 29.0 Å². The Kier molecular flexibility index (Phi) is 8.34. The van der Waals surface area contributed by atoms with E-state index in [1.165, 1.54) is 0 Å². The molecular weight excluding hydrogens is 269 g/mol. The van der Waals surface area contributed by atoms with Crippen molar-refractivity contribution >= 4 is 28.7 Å². The highest BCUT2D eigenvalue weighted by molar-refractivity contribution is 14.1. The molecule has 0 aliphatic heterocycles. The number of hydrogen-bond acceptors (Lipinski definition) is 2. The Morgan fingerprint density at radius 3 is 2.75 bits per heavy atom. The van der Waals surface area contributed by atoms with Crippen LogP contribution >= 0.6 is 22.6 Å². The van der Waals surface area contributed by atoms with Gasteiger partial charge in [0.25, 0.3) is 0 Å².